The zero-order valence-corrected chi connectivity index (χ0v) is 8.91. The summed E-state index contributed by atoms with van der Waals surface area (Å²) in [6, 6.07) is 1.72. The van der Waals surface area contributed by atoms with E-state index in [-0.39, 0.29) is 9.32 Å². The third-order valence-corrected chi connectivity index (χ3v) is 3.17. The van der Waals surface area contributed by atoms with E-state index < -0.39 is 16.8 Å². The van der Waals surface area contributed by atoms with Gasteiger partial charge in [-0.05, 0) is 34.7 Å². The topological polar surface area (TPSA) is 20.2 Å². The molecule has 13 heavy (non-hydrogen) atoms. The standard InChI is InChI=1S/C7H3ClF3IO/c8-5-3(7(9,10)11)1-2-4(13)6(5)12/h1-2,13H. The molecule has 0 aromatic heterocycles. The van der Waals surface area contributed by atoms with E-state index >= 15 is 0 Å². The largest absolute Gasteiger partial charge is 0.507 e. The van der Waals surface area contributed by atoms with E-state index in [1.165, 1.54) is 0 Å². The van der Waals surface area contributed by atoms with Gasteiger partial charge >= 0.3 is 6.18 Å². The minimum atomic E-state index is -4.48. The molecule has 1 aromatic rings. The maximum atomic E-state index is 12.2. The van der Waals surface area contributed by atoms with Crippen LogP contribution in [0, 0.1) is 3.57 Å². The molecule has 0 amide bonds. The van der Waals surface area contributed by atoms with Crippen LogP contribution < -0.4 is 0 Å². The molecule has 1 rings (SSSR count). The van der Waals surface area contributed by atoms with Gasteiger partial charge in [0.05, 0.1) is 14.2 Å². The predicted molar refractivity (Wildman–Crippen MR) is 50.8 cm³/mol. The first-order valence-electron chi connectivity index (χ1n) is 3.08. The smallest absolute Gasteiger partial charge is 0.417 e. The molecule has 0 aliphatic carbocycles. The average Bonchev–Trinajstić information content (AvgIpc) is 1.98. The van der Waals surface area contributed by atoms with Crippen molar-refractivity contribution in [3.8, 4) is 5.75 Å². The van der Waals surface area contributed by atoms with Crippen LogP contribution in [0.5, 0.6) is 5.75 Å². The van der Waals surface area contributed by atoms with Crippen molar-refractivity contribution in [3.05, 3.63) is 26.3 Å². The molecule has 0 saturated carbocycles. The lowest BCUT2D eigenvalue weighted by molar-refractivity contribution is -0.137. The highest BCUT2D eigenvalue weighted by molar-refractivity contribution is 14.1. The van der Waals surface area contributed by atoms with Gasteiger partial charge in [-0.1, -0.05) is 11.6 Å². The molecule has 0 atom stereocenters. The van der Waals surface area contributed by atoms with Crippen LogP contribution in [0.1, 0.15) is 5.56 Å². The highest BCUT2D eigenvalue weighted by Crippen LogP contribution is 2.39. The minimum Gasteiger partial charge on any atom is -0.507 e. The Hall–Kier alpha value is -0.170. The Bertz CT molecular complexity index is 337. The van der Waals surface area contributed by atoms with Gasteiger partial charge in [0.25, 0.3) is 0 Å². The molecule has 72 valence electrons. The summed E-state index contributed by atoms with van der Waals surface area (Å²) >= 11 is 6.95. The van der Waals surface area contributed by atoms with Crippen molar-refractivity contribution in [1.82, 2.24) is 0 Å². The summed E-state index contributed by atoms with van der Waals surface area (Å²) in [6.07, 6.45) is -4.48. The first-order chi connectivity index (χ1) is 5.84. The molecule has 6 heteroatoms. The second kappa shape index (κ2) is 3.53. The maximum Gasteiger partial charge on any atom is 0.417 e. The molecule has 0 heterocycles. The summed E-state index contributed by atoms with van der Waals surface area (Å²) in [4.78, 5) is 0. The van der Waals surface area contributed by atoms with E-state index in [9.17, 15) is 13.2 Å². The van der Waals surface area contributed by atoms with Gasteiger partial charge in [0.2, 0.25) is 0 Å². The normalized spacial score (nSPS) is 11.8. The van der Waals surface area contributed by atoms with Crippen LogP contribution >= 0.6 is 34.2 Å². The molecule has 0 aliphatic rings. The Kier molecular flexibility index (Phi) is 2.96. The van der Waals surface area contributed by atoms with Crippen LogP contribution in [0.3, 0.4) is 0 Å². The van der Waals surface area contributed by atoms with Gasteiger partial charge in [-0.2, -0.15) is 13.2 Å². The summed E-state index contributed by atoms with van der Waals surface area (Å²) in [5.41, 5.74) is -0.934. The number of phenols is 1. The fraction of sp³-hybridized carbons (Fsp3) is 0.143. The molecule has 1 aromatic carbocycles. The lowest BCUT2D eigenvalue weighted by Gasteiger charge is -2.10. The second-order valence-corrected chi connectivity index (χ2v) is 3.71. The van der Waals surface area contributed by atoms with Gasteiger partial charge in [-0.25, -0.2) is 0 Å². The van der Waals surface area contributed by atoms with E-state index in [1.54, 1.807) is 22.6 Å². The Morgan fingerprint density at radius 3 is 2.31 bits per heavy atom. The summed E-state index contributed by atoms with van der Waals surface area (Å²) in [5, 5.41) is 8.57. The predicted octanol–water partition coefficient (Wildman–Crippen LogP) is 3.67. The minimum absolute atomic E-state index is 0.00842. The highest BCUT2D eigenvalue weighted by atomic mass is 127. The quantitative estimate of drug-likeness (QED) is 0.723. The molecule has 0 unspecified atom stereocenters. The molecule has 0 bridgehead atoms. The van der Waals surface area contributed by atoms with Crippen LogP contribution in [-0.4, -0.2) is 5.11 Å². The first-order valence-corrected chi connectivity index (χ1v) is 4.54. The van der Waals surface area contributed by atoms with Gasteiger partial charge < -0.3 is 5.11 Å². The first kappa shape index (κ1) is 10.9. The lowest BCUT2D eigenvalue weighted by Crippen LogP contribution is -2.06. The number of alkyl halides is 3. The van der Waals surface area contributed by atoms with E-state index in [0.29, 0.717) is 0 Å². The van der Waals surface area contributed by atoms with Crippen LogP contribution in [-0.2, 0) is 6.18 Å². The Balaban J connectivity index is 3.35. The van der Waals surface area contributed by atoms with Crippen molar-refractivity contribution in [1.29, 1.82) is 0 Å². The number of phenolic OH excluding ortho intramolecular Hbond substituents is 1. The van der Waals surface area contributed by atoms with Crippen molar-refractivity contribution < 1.29 is 18.3 Å². The summed E-state index contributed by atoms with van der Waals surface area (Å²) in [6.45, 7) is 0. The molecule has 0 radical (unpaired) electrons. The van der Waals surface area contributed by atoms with Crippen molar-refractivity contribution in [3.63, 3.8) is 0 Å². The summed E-state index contributed by atoms with van der Waals surface area (Å²) in [5.74, 6) is -0.251. The molecular formula is C7H3ClF3IO. The fourth-order valence-corrected chi connectivity index (χ4v) is 1.50. The Labute approximate surface area is 90.7 Å². The molecule has 0 fully saturated rings. The molecule has 0 aliphatic heterocycles. The van der Waals surface area contributed by atoms with Crippen molar-refractivity contribution in [2.24, 2.45) is 0 Å². The van der Waals surface area contributed by atoms with Gasteiger partial charge in [-0.3, -0.25) is 0 Å². The van der Waals surface area contributed by atoms with Crippen LogP contribution in [0.2, 0.25) is 5.02 Å². The zero-order valence-electron chi connectivity index (χ0n) is 5.99. The number of hydrogen-bond donors (Lipinski definition) is 1. The van der Waals surface area contributed by atoms with Crippen LogP contribution in [0.4, 0.5) is 13.2 Å². The Morgan fingerprint density at radius 2 is 1.85 bits per heavy atom. The molecule has 1 nitrogen and oxygen atoms in total. The van der Waals surface area contributed by atoms with E-state index in [4.69, 9.17) is 16.7 Å². The molecule has 0 saturated heterocycles. The third kappa shape index (κ3) is 2.19. The zero-order chi connectivity index (χ0) is 10.2. The summed E-state index contributed by atoms with van der Waals surface area (Å²) < 4.78 is 36.6. The van der Waals surface area contributed by atoms with Crippen molar-refractivity contribution in [2.45, 2.75) is 6.18 Å². The number of hydrogen-bond acceptors (Lipinski definition) is 1. The van der Waals surface area contributed by atoms with Gasteiger partial charge in [0.1, 0.15) is 5.75 Å². The monoisotopic (exact) mass is 322 g/mol. The molecule has 0 spiro atoms. The van der Waals surface area contributed by atoms with Crippen molar-refractivity contribution >= 4 is 34.2 Å². The summed E-state index contributed by atoms with van der Waals surface area (Å²) in [7, 11) is 0. The number of halogens is 5. The average molecular weight is 322 g/mol. The van der Waals surface area contributed by atoms with E-state index in [1.807, 2.05) is 0 Å². The van der Waals surface area contributed by atoms with Gasteiger partial charge in [-0.15, -0.1) is 0 Å². The van der Waals surface area contributed by atoms with Crippen LogP contribution in [0.25, 0.3) is 0 Å². The highest BCUT2D eigenvalue weighted by Gasteiger charge is 2.34. The van der Waals surface area contributed by atoms with E-state index in [0.717, 1.165) is 12.1 Å². The fourth-order valence-electron chi connectivity index (χ4n) is 0.758. The SMILES string of the molecule is Oc1ccc(C(F)(F)F)c(Cl)c1I. The Morgan fingerprint density at radius 1 is 1.31 bits per heavy atom. The molecule has 1 N–H and O–H groups in total. The number of rotatable bonds is 0. The third-order valence-electron chi connectivity index (χ3n) is 1.37. The lowest BCUT2D eigenvalue weighted by atomic mass is 10.2. The van der Waals surface area contributed by atoms with Gasteiger partial charge in [0.15, 0.2) is 0 Å². The number of aromatic hydroxyl groups is 1. The number of benzene rings is 1. The van der Waals surface area contributed by atoms with E-state index in [2.05, 4.69) is 0 Å². The van der Waals surface area contributed by atoms with Crippen LogP contribution in [0.15, 0.2) is 12.1 Å². The van der Waals surface area contributed by atoms with Gasteiger partial charge in [0, 0.05) is 0 Å². The second-order valence-electron chi connectivity index (χ2n) is 2.26. The molecular weight excluding hydrogens is 319 g/mol. The maximum absolute atomic E-state index is 12.2. The van der Waals surface area contributed by atoms with Crippen molar-refractivity contribution in [2.75, 3.05) is 0 Å².